The third-order valence-electron chi connectivity index (χ3n) is 8.06. The fourth-order valence-electron chi connectivity index (χ4n) is 5.55. The molecule has 1 aliphatic rings. The first-order valence-corrected chi connectivity index (χ1v) is 15.0. The lowest BCUT2D eigenvalue weighted by atomic mass is 9.93. The Morgan fingerprint density at radius 1 is 1.09 bits per heavy atom. The minimum Gasteiger partial charge on any atom is -0.478 e. The maximum absolute atomic E-state index is 14.2. The SMILES string of the molecule is CC(C)c1cc(Cn2c(CN3CCC(c4cccc(OCc5ccc(Cl)cc5F)n4)CC3)nc3ccc(C(=O)O)cc32)on1. The molecular formula is C33H33ClFN5O4. The van der Waals surface area contributed by atoms with Gasteiger partial charge in [0.25, 0.3) is 0 Å². The van der Waals surface area contributed by atoms with E-state index in [1.165, 1.54) is 6.07 Å². The quantitative estimate of drug-likeness (QED) is 0.178. The van der Waals surface area contributed by atoms with Gasteiger partial charge in [0, 0.05) is 34.3 Å². The molecule has 0 radical (unpaired) electrons. The van der Waals surface area contributed by atoms with Crippen LogP contribution in [0.5, 0.6) is 5.88 Å². The number of carbonyl (C=O) groups is 1. The lowest BCUT2D eigenvalue weighted by Crippen LogP contribution is -2.33. The Hall–Kier alpha value is -4.28. The van der Waals surface area contributed by atoms with Crippen molar-refractivity contribution < 1.29 is 23.6 Å². The second-order valence-corrected chi connectivity index (χ2v) is 11.9. The molecule has 11 heteroatoms. The Bertz CT molecular complexity index is 1790. The number of ether oxygens (including phenoxy) is 1. The number of aromatic carboxylic acids is 1. The van der Waals surface area contributed by atoms with Gasteiger partial charge in [-0.05, 0) is 68.2 Å². The number of pyridine rings is 1. The van der Waals surface area contributed by atoms with Gasteiger partial charge < -0.3 is 18.9 Å². The van der Waals surface area contributed by atoms with Crippen molar-refractivity contribution in [1.29, 1.82) is 0 Å². The van der Waals surface area contributed by atoms with Gasteiger partial charge in [-0.25, -0.2) is 19.2 Å². The van der Waals surface area contributed by atoms with Gasteiger partial charge in [-0.15, -0.1) is 0 Å². The van der Waals surface area contributed by atoms with Crippen LogP contribution in [0.3, 0.4) is 0 Å². The lowest BCUT2D eigenvalue weighted by molar-refractivity contribution is 0.0697. The normalized spacial score (nSPS) is 14.5. The predicted octanol–water partition coefficient (Wildman–Crippen LogP) is 7.04. The minimum atomic E-state index is -0.981. The highest BCUT2D eigenvalue weighted by Gasteiger charge is 2.24. The molecule has 0 bridgehead atoms. The molecule has 4 heterocycles. The summed E-state index contributed by atoms with van der Waals surface area (Å²) in [6.45, 7) is 6.89. The second-order valence-electron chi connectivity index (χ2n) is 11.5. The second kappa shape index (κ2) is 12.8. The molecule has 1 saturated heterocycles. The third-order valence-corrected chi connectivity index (χ3v) is 8.30. The van der Waals surface area contributed by atoms with E-state index < -0.39 is 11.8 Å². The molecule has 228 valence electrons. The van der Waals surface area contributed by atoms with Gasteiger partial charge in [0.2, 0.25) is 5.88 Å². The Kier molecular flexibility index (Phi) is 8.63. The Morgan fingerprint density at radius 3 is 2.64 bits per heavy atom. The number of aromatic nitrogens is 4. The number of carboxylic acid groups (broad SMARTS) is 1. The molecule has 0 saturated carbocycles. The van der Waals surface area contributed by atoms with Crippen molar-refractivity contribution in [2.45, 2.75) is 58.2 Å². The molecule has 9 nitrogen and oxygen atoms in total. The van der Waals surface area contributed by atoms with Crippen molar-refractivity contribution in [3.05, 3.63) is 106 Å². The average molecular weight is 618 g/mol. The zero-order valence-corrected chi connectivity index (χ0v) is 25.3. The number of hydrogen-bond donors (Lipinski definition) is 1. The van der Waals surface area contributed by atoms with Gasteiger partial charge in [0.05, 0.1) is 35.4 Å². The van der Waals surface area contributed by atoms with E-state index in [2.05, 4.69) is 23.9 Å². The van der Waals surface area contributed by atoms with Crippen molar-refractivity contribution in [3.8, 4) is 5.88 Å². The topological polar surface area (TPSA) is 107 Å². The molecule has 0 amide bonds. The number of halogens is 2. The number of rotatable bonds is 10. The Morgan fingerprint density at radius 2 is 1.91 bits per heavy atom. The number of hydrogen-bond acceptors (Lipinski definition) is 7. The fraction of sp³-hybridized carbons (Fsp3) is 0.333. The lowest BCUT2D eigenvalue weighted by Gasteiger charge is -2.31. The maximum atomic E-state index is 14.2. The summed E-state index contributed by atoms with van der Waals surface area (Å²) < 4.78 is 27.6. The van der Waals surface area contributed by atoms with E-state index in [0.29, 0.717) is 35.3 Å². The van der Waals surface area contributed by atoms with Crippen molar-refractivity contribution in [2.75, 3.05) is 13.1 Å². The van der Waals surface area contributed by atoms with Crippen molar-refractivity contribution >= 4 is 28.6 Å². The van der Waals surface area contributed by atoms with Crippen LogP contribution in [0.1, 0.15) is 77.4 Å². The van der Waals surface area contributed by atoms with E-state index in [4.69, 9.17) is 30.8 Å². The fourth-order valence-corrected chi connectivity index (χ4v) is 5.71. The van der Waals surface area contributed by atoms with Crippen LogP contribution in [0.4, 0.5) is 4.39 Å². The van der Waals surface area contributed by atoms with E-state index in [1.807, 2.05) is 22.8 Å². The van der Waals surface area contributed by atoms with Crippen LogP contribution in [0.15, 0.2) is 65.2 Å². The number of piperidine rings is 1. The molecule has 5 aromatic rings. The van der Waals surface area contributed by atoms with Gasteiger partial charge in [-0.1, -0.05) is 42.7 Å². The highest BCUT2D eigenvalue weighted by Crippen LogP contribution is 2.30. The van der Waals surface area contributed by atoms with Crippen LogP contribution in [-0.4, -0.2) is 48.8 Å². The van der Waals surface area contributed by atoms with E-state index in [0.717, 1.165) is 54.2 Å². The van der Waals surface area contributed by atoms with Crippen molar-refractivity contribution in [3.63, 3.8) is 0 Å². The van der Waals surface area contributed by atoms with Gasteiger partial charge >= 0.3 is 5.97 Å². The van der Waals surface area contributed by atoms with Gasteiger partial charge in [-0.2, -0.15) is 0 Å². The smallest absolute Gasteiger partial charge is 0.335 e. The molecule has 3 aromatic heterocycles. The summed E-state index contributed by atoms with van der Waals surface area (Å²) in [5, 5.41) is 14.1. The Labute approximate surface area is 259 Å². The van der Waals surface area contributed by atoms with E-state index in [-0.39, 0.29) is 24.0 Å². The highest BCUT2D eigenvalue weighted by molar-refractivity contribution is 6.30. The summed E-state index contributed by atoms with van der Waals surface area (Å²) in [5.74, 6) is 1.11. The van der Waals surface area contributed by atoms with Gasteiger partial charge in [0.15, 0.2) is 5.76 Å². The molecule has 2 aromatic carbocycles. The van der Waals surface area contributed by atoms with Crippen molar-refractivity contribution in [1.82, 2.24) is 24.6 Å². The van der Waals surface area contributed by atoms with Crippen molar-refractivity contribution in [2.24, 2.45) is 0 Å². The molecule has 0 spiro atoms. The van der Waals surface area contributed by atoms with Crippen LogP contribution in [0.2, 0.25) is 5.02 Å². The molecular weight excluding hydrogens is 585 g/mol. The number of likely N-dealkylation sites (tertiary alicyclic amines) is 1. The van der Waals surface area contributed by atoms with Crippen LogP contribution in [0, 0.1) is 5.82 Å². The highest BCUT2D eigenvalue weighted by atomic mass is 35.5. The van der Waals surface area contributed by atoms with Crippen LogP contribution >= 0.6 is 11.6 Å². The maximum Gasteiger partial charge on any atom is 0.335 e. The van der Waals surface area contributed by atoms with Crippen LogP contribution in [0.25, 0.3) is 11.0 Å². The molecule has 44 heavy (non-hydrogen) atoms. The largest absolute Gasteiger partial charge is 0.478 e. The van der Waals surface area contributed by atoms with E-state index in [9.17, 15) is 14.3 Å². The molecule has 0 unspecified atom stereocenters. The first kappa shape index (κ1) is 29.8. The zero-order valence-electron chi connectivity index (χ0n) is 24.5. The molecule has 0 aliphatic carbocycles. The molecule has 1 fully saturated rings. The summed E-state index contributed by atoms with van der Waals surface area (Å²) in [6.07, 6.45) is 1.82. The number of fused-ring (bicyclic) bond motifs is 1. The van der Waals surface area contributed by atoms with Crippen LogP contribution in [-0.2, 0) is 19.7 Å². The molecule has 1 aliphatic heterocycles. The number of imidazole rings is 1. The standard InChI is InChI=1S/C33H33ClFN5O4/c1-20(2)29-16-25(44-38-29)17-40-30-14-22(33(41)42)7-9-28(30)36-31(40)18-39-12-10-21(11-13-39)27-4-3-5-32(37-27)43-19-23-6-8-24(34)15-26(23)35/h3-9,14-16,20-21H,10-13,17-19H2,1-2H3,(H,41,42). The summed E-state index contributed by atoms with van der Waals surface area (Å²) in [7, 11) is 0. The number of benzene rings is 2. The monoisotopic (exact) mass is 617 g/mol. The summed E-state index contributed by atoms with van der Waals surface area (Å²) >= 11 is 5.85. The predicted molar refractivity (Wildman–Crippen MR) is 164 cm³/mol. The van der Waals surface area contributed by atoms with E-state index >= 15 is 0 Å². The third kappa shape index (κ3) is 6.61. The first-order chi connectivity index (χ1) is 21.2. The van der Waals surface area contributed by atoms with Gasteiger partial charge in [-0.3, -0.25) is 4.90 Å². The Balaban J connectivity index is 1.14. The minimum absolute atomic E-state index is 0.0692. The van der Waals surface area contributed by atoms with Crippen LogP contribution < -0.4 is 4.74 Å². The molecule has 0 atom stereocenters. The number of carboxylic acids is 1. The van der Waals surface area contributed by atoms with E-state index in [1.54, 1.807) is 36.4 Å². The molecule has 1 N–H and O–H groups in total. The summed E-state index contributed by atoms with van der Waals surface area (Å²) in [6, 6.07) is 17.2. The first-order valence-electron chi connectivity index (χ1n) is 14.7. The number of nitrogens with zero attached hydrogens (tertiary/aromatic N) is 5. The summed E-state index contributed by atoms with van der Waals surface area (Å²) in [5.41, 5.74) is 3.95. The summed E-state index contributed by atoms with van der Waals surface area (Å²) in [4.78, 5) is 23.7. The molecule has 6 rings (SSSR count). The van der Waals surface area contributed by atoms with Gasteiger partial charge in [0.1, 0.15) is 18.2 Å². The average Bonchev–Trinajstić information content (AvgIpc) is 3.62. The zero-order chi connectivity index (χ0) is 30.8.